The Kier molecular flexibility index (Phi) is 4.69. The lowest BCUT2D eigenvalue weighted by molar-refractivity contribution is -0.141. The third-order valence-corrected chi connectivity index (χ3v) is 3.48. The van der Waals surface area contributed by atoms with Crippen LogP contribution in [0.1, 0.15) is 16.3 Å². The summed E-state index contributed by atoms with van der Waals surface area (Å²) in [6.45, 7) is 0. The molecular formula is C16H11F3N6O2. The summed E-state index contributed by atoms with van der Waals surface area (Å²) in [4.78, 5) is 37.2. The van der Waals surface area contributed by atoms with Gasteiger partial charge in [0, 0.05) is 29.6 Å². The molecule has 4 N–H and O–H groups in total. The van der Waals surface area contributed by atoms with Gasteiger partial charge in [-0.1, -0.05) is 0 Å². The number of rotatable bonds is 3. The van der Waals surface area contributed by atoms with Gasteiger partial charge in [-0.05, 0) is 24.3 Å². The van der Waals surface area contributed by atoms with Crippen LogP contribution in [0.5, 0.6) is 0 Å². The minimum Gasteiger partial charge on any atom is -0.329 e. The Morgan fingerprint density at radius 1 is 1.07 bits per heavy atom. The maximum absolute atomic E-state index is 12.7. The molecule has 1 amide bonds. The molecule has 27 heavy (non-hydrogen) atoms. The molecular weight excluding hydrogens is 365 g/mol. The molecule has 138 valence electrons. The molecule has 0 unspecified atom stereocenters. The van der Waals surface area contributed by atoms with Crippen LogP contribution < -0.4 is 16.8 Å². The van der Waals surface area contributed by atoms with Crippen molar-refractivity contribution in [2.75, 3.05) is 0 Å². The number of aromatic amines is 1. The van der Waals surface area contributed by atoms with Crippen LogP contribution >= 0.6 is 0 Å². The number of pyridine rings is 2. The first-order valence-electron chi connectivity index (χ1n) is 7.40. The van der Waals surface area contributed by atoms with Gasteiger partial charge in [-0.15, -0.1) is 0 Å². The molecule has 0 aliphatic heterocycles. The monoisotopic (exact) mass is 376 g/mol. The molecule has 11 heteroatoms. The summed E-state index contributed by atoms with van der Waals surface area (Å²) in [5, 5.41) is 0. The van der Waals surface area contributed by atoms with Crippen LogP contribution in [-0.2, 0) is 6.18 Å². The van der Waals surface area contributed by atoms with E-state index in [-0.39, 0.29) is 22.8 Å². The van der Waals surface area contributed by atoms with Crippen molar-refractivity contribution < 1.29 is 18.0 Å². The zero-order valence-electron chi connectivity index (χ0n) is 13.4. The normalized spacial score (nSPS) is 11.3. The van der Waals surface area contributed by atoms with Crippen LogP contribution in [0.2, 0.25) is 0 Å². The van der Waals surface area contributed by atoms with Crippen molar-refractivity contribution in [1.82, 2.24) is 25.4 Å². The number of hydrogen-bond acceptors (Lipinski definition) is 6. The first-order chi connectivity index (χ1) is 12.8. The van der Waals surface area contributed by atoms with Gasteiger partial charge < -0.3 is 4.98 Å². The maximum Gasteiger partial charge on any atom is 0.433 e. The minimum atomic E-state index is -4.58. The predicted molar refractivity (Wildman–Crippen MR) is 88.0 cm³/mol. The number of alkyl halides is 3. The summed E-state index contributed by atoms with van der Waals surface area (Å²) in [7, 11) is 0. The summed E-state index contributed by atoms with van der Waals surface area (Å²) >= 11 is 0. The van der Waals surface area contributed by atoms with Gasteiger partial charge in [0.05, 0.1) is 11.4 Å². The number of nitrogens with zero attached hydrogens (tertiary/aromatic N) is 3. The van der Waals surface area contributed by atoms with E-state index in [4.69, 9.17) is 5.84 Å². The fraction of sp³-hybridized carbons (Fsp3) is 0.0625. The lowest BCUT2D eigenvalue weighted by atomic mass is 10.1. The first-order valence-corrected chi connectivity index (χ1v) is 7.40. The van der Waals surface area contributed by atoms with Crippen molar-refractivity contribution >= 4 is 5.91 Å². The van der Waals surface area contributed by atoms with Gasteiger partial charge in [0.1, 0.15) is 5.69 Å². The molecule has 0 radical (unpaired) electrons. The fourth-order valence-electron chi connectivity index (χ4n) is 2.23. The van der Waals surface area contributed by atoms with Crippen molar-refractivity contribution in [3.63, 3.8) is 0 Å². The maximum atomic E-state index is 12.7. The van der Waals surface area contributed by atoms with E-state index in [1.807, 2.05) is 5.43 Å². The third-order valence-electron chi connectivity index (χ3n) is 3.48. The Labute approximate surface area is 149 Å². The fourth-order valence-corrected chi connectivity index (χ4v) is 2.23. The highest BCUT2D eigenvalue weighted by atomic mass is 19.4. The summed E-state index contributed by atoms with van der Waals surface area (Å²) in [5.74, 6) is 3.98. The van der Waals surface area contributed by atoms with E-state index >= 15 is 0 Å². The predicted octanol–water partition coefficient (Wildman–Crippen LogP) is 1.52. The minimum absolute atomic E-state index is 0.139. The molecule has 3 heterocycles. The Bertz CT molecular complexity index is 1050. The number of carbonyl (C=O) groups is 1. The van der Waals surface area contributed by atoms with Crippen molar-refractivity contribution in [3.8, 4) is 22.5 Å². The van der Waals surface area contributed by atoms with Crippen LogP contribution in [0.25, 0.3) is 22.5 Å². The number of H-pyrrole nitrogens is 1. The number of nitrogens with two attached hydrogens (primary N) is 1. The van der Waals surface area contributed by atoms with E-state index in [2.05, 4.69) is 19.9 Å². The van der Waals surface area contributed by atoms with Crippen LogP contribution in [0.15, 0.2) is 47.5 Å². The molecule has 0 saturated heterocycles. The molecule has 8 nitrogen and oxygen atoms in total. The molecule has 3 rings (SSSR count). The highest BCUT2D eigenvalue weighted by Gasteiger charge is 2.32. The van der Waals surface area contributed by atoms with E-state index in [9.17, 15) is 22.8 Å². The van der Waals surface area contributed by atoms with E-state index in [1.165, 1.54) is 24.4 Å². The second-order valence-electron chi connectivity index (χ2n) is 5.31. The van der Waals surface area contributed by atoms with Gasteiger partial charge in [0.15, 0.2) is 0 Å². The number of nitrogens with one attached hydrogen (secondary N) is 2. The lowest BCUT2D eigenvalue weighted by Gasteiger charge is -2.09. The zero-order chi connectivity index (χ0) is 19.6. The third kappa shape index (κ3) is 3.98. The van der Waals surface area contributed by atoms with E-state index in [1.54, 1.807) is 6.07 Å². The molecule has 3 aromatic heterocycles. The molecule has 0 aliphatic carbocycles. The van der Waals surface area contributed by atoms with Crippen LogP contribution in [-0.4, -0.2) is 25.8 Å². The number of nitrogen functional groups attached to an aromatic ring is 1. The molecule has 0 fully saturated rings. The number of hydrogen-bond donors (Lipinski definition) is 3. The van der Waals surface area contributed by atoms with Gasteiger partial charge in [-0.25, -0.2) is 15.8 Å². The second-order valence-corrected chi connectivity index (χ2v) is 5.31. The average Bonchev–Trinajstić information content (AvgIpc) is 2.66. The standard InChI is InChI=1S/C16H11F3N6O2/c17-16(18,19)12-2-1-9(7-22-12)11-6-10(8-3-4-21-13(26)5-8)23-14(24-11)15(27)25-20/h1-7H,20H2,(H,21,26)(H,25,27). The largest absolute Gasteiger partial charge is 0.433 e. The Morgan fingerprint density at radius 3 is 2.33 bits per heavy atom. The number of carbonyl (C=O) groups excluding carboxylic acids is 1. The zero-order valence-corrected chi connectivity index (χ0v) is 13.4. The molecule has 0 atom stereocenters. The smallest absolute Gasteiger partial charge is 0.329 e. The van der Waals surface area contributed by atoms with Gasteiger partial charge >= 0.3 is 12.1 Å². The Hall–Kier alpha value is -3.60. The number of halogens is 3. The van der Waals surface area contributed by atoms with Crippen molar-refractivity contribution in [2.45, 2.75) is 6.18 Å². The molecule has 3 aromatic rings. The van der Waals surface area contributed by atoms with Crippen molar-refractivity contribution in [3.05, 3.63) is 64.6 Å². The second kappa shape index (κ2) is 6.96. The van der Waals surface area contributed by atoms with E-state index in [0.29, 0.717) is 5.56 Å². The molecule has 0 saturated carbocycles. The topological polar surface area (TPSA) is 127 Å². The molecule has 0 bridgehead atoms. The SMILES string of the molecule is NNC(=O)c1nc(-c2ccc(C(F)(F)F)nc2)cc(-c2cc[nH]c(=O)c2)n1. The van der Waals surface area contributed by atoms with Gasteiger partial charge in [-0.2, -0.15) is 13.2 Å². The van der Waals surface area contributed by atoms with Crippen molar-refractivity contribution in [2.24, 2.45) is 5.84 Å². The summed E-state index contributed by atoms with van der Waals surface area (Å²) in [6, 6.07) is 6.19. The average molecular weight is 376 g/mol. The quantitative estimate of drug-likeness (QED) is 0.361. The summed E-state index contributed by atoms with van der Waals surface area (Å²) in [6.07, 6.45) is -2.20. The van der Waals surface area contributed by atoms with Crippen LogP contribution in [0, 0.1) is 0 Å². The van der Waals surface area contributed by atoms with E-state index < -0.39 is 23.3 Å². The lowest BCUT2D eigenvalue weighted by Crippen LogP contribution is -2.31. The van der Waals surface area contributed by atoms with Crippen LogP contribution in [0.3, 0.4) is 0 Å². The number of aromatic nitrogens is 4. The first kappa shape index (κ1) is 18.2. The Balaban J connectivity index is 2.13. The summed E-state index contributed by atoms with van der Waals surface area (Å²) in [5.41, 5.74) is 1.39. The van der Waals surface area contributed by atoms with E-state index in [0.717, 1.165) is 12.3 Å². The number of amides is 1. The molecule has 0 aliphatic rings. The Morgan fingerprint density at radius 2 is 1.78 bits per heavy atom. The highest BCUT2D eigenvalue weighted by Crippen LogP contribution is 2.29. The van der Waals surface area contributed by atoms with Crippen LogP contribution in [0.4, 0.5) is 13.2 Å². The number of hydrazine groups is 1. The van der Waals surface area contributed by atoms with Gasteiger partial charge in [0.25, 0.3) is 0 Å². The summed E-state index contributed by atoms with van der Waals surface area (Å²) < 4.78 is 38.0. The molecule has 0 aromatic carbocycles. The van der Waals surface area contributed by atoms with Gasteiger partial charge in [0.2, 0.25) is 11.4 Å². The molecule has 0 spiro atoms. The van der Waals surface area contributed by atoms with Crippen molar-refractivity contribution in [1.29, 1.82) is 0 Å². The highest BCUT2D eigenvalue weighted by molar-refractivity contribution is 5.91. The van der Waals surface area contributed by atoms with Gasteiger partial charge in [-0.3, -0.25) is 20.0 Å².